The van der Waals surface area contributed by atoms with Crippen LogP contribution in [-0.4, -0.2) is 27.9 Å². The summed E-state index contributed by atoms with van der Waals surface area (Å²) < 4.78 is 11.9. The second-order valence-electron chi connectivity index (χ2n) is 6.80. The van der Waals surface area contributed by atoms with Crippen molar-refractivity contribution in [3.05, 3.63) is 83.7 Å². The van der Waals surface area contributed by atoms with Crippen molar-refractivity contribution in [3.63, 3.8) is 0 Å². The first kappa shape index (κ1) is 16.6. The van der Waals surface area contributed by atoms with Crippen LogP contribution in [0.4, 0.5) is 0 Å². The molecule has 0 aliphatic carbocycles. The Hall–Kier alpha value is -3.54. The van der Waals surface area contributed by atoms with E-state index in [1.807, 2.05) is 53.5 Å². The Balaban J connectivity index is 1.63. The molecule has 6 nitrogen and oxygen atoms in total. The number of phenolic OH excluding ortho intramolecular Hbond substituents is 1. The van der Waals surface area contributed by atoms with E-state index in [2.05, 4.69) is 4.98 Å². The number of nitrogens with zero attached hydrogens (tertiary/aromatic N) is 3. The summed E-state index contributed by atoms with van der Waals surface area (Å²) in [5.74, 6) is 1.66. The highest BCUT2D eigenvalue weighted by atomic mass is 16.5. The molecular weight excluding hydrogens is 354 g/mol. The number of hydrogen-bond donors (Lipinski definition) is 1. The maximum atomic E-state index is 9.87. The van der Waals surface area contributed by atoms with Crippen molar-refractivity contribution in [2.24, 2.45) is 5.10 Å². The molecule has 1 N–H and O–H groups in total. The minimum Gasteiger partial charge on any atom is -0.508 e. The first-order chi connectivity index (χ1) is 13.7. The van der Waals surface area contributed by atoms with Gasteiger partial charge >= 0.3 is 0 Å². The number of aromatic hydroxyl groups is 1. The quantitative estimate of drug-likeness (QED) is 0.751. The van der Waals surface area contributed by atoms with E-state index in [1.165, 1.54) is 0 Å². The van der Waals surface area contributed by atoms with Gasteiger partial charge in [0.25, 0.3) is 0 Å². The lowest BCUT2D eigenvalue weighted by Gasteiger charge is -2.38. The number of pyridine rings is 1. The molecular formula is C22H19N3O3. The van der Waals surface area contributed by atoms with Crippen LogP contribution in [-0.2, 0) is 0 Å². The first-order valence-corrected chi connectivity index (χ1v) is 9.14. The van der Waals surface area contributed by atoms with Crippen LogP contribution in [0.15, 0.2) is 72.0 Å². The number of hydrogen-bond acceptors (Lipinski definition) is 6. The van der Waals surface area contributed by atoms with E-state index in [-0.39, 0.29) is 11.8 Å². The predicted molar refractivity (Wildman–Crippen MR) is 104 cm³/mol. The van der Waals surface area contributed by atoms with Gasteiger partial charge in [-0.25, -0.2) is 5.01 Å². The van der Waals surface area contributed by atoms with Gasteiger partial charge in [-0.05, 0) is 30.3 Å². The molecule has 2 aliphatic rings. The Kier molecular flexibility index (Phi) is 3.90. The highest BCUT2D eigenvalue weighted by molar-refractivity contribution is 6.02. The van der Waals surface area contributed by atoms with Crippen LogP contribution in [0.5, 0.6) is 17.2 Å². The van der Waals surface area contributed by atoms with Crippen LogP contribution >= 0.6 is 0 Å². The zero-order valence-electron chi connectivity index (χ0n) is 15.3. The molecule has 0 bridgehead atoms. The predicted octanol–water partition coefficient (Wildman–Crippen LogP) is 4.04. The molecule has 3 aromatic rings. The average molecular weight is 373 g/mol. The Morgan fingerprint density at radius 1 is 1.11 bits per heavy atom. The van der Waals surface area contributed by atoms with Crippen molar-refractivity contribution >= 4 is 5.71 Å². The topological polar surface area (TPSA) is 67.2 Å². The fourth-order valence-corrected chi connectivity index (χ4v) is 3.82. The van der Waals surface area contributed by atoms with Crippen molar-refractivity contribution in [2.75, 3.05) is 7.11 Å². The molecule has 0 saturated heterocycles. The van der Waals surface area contributed by atoms with Gasteiger partial charge in [-0.1, -0.05) is 30.3 Å². The highest BCUT2D eigenvalue weighted by Crippen LogP contribution is 2.50. The number of benzene rings is 2. The van der Waals surface area contributed by atoms with E-state index in [0.29, 0.717) is 12.2 Å². The molecule has 6 heteroatoms. The van der Waals surface area contributed by atoms with E-state index >= 15 is 0 Å². The number of ether oxygens (including phenoxy) is 2. The molecule has 2 aromatic carbocycles. The molecule has 0 fully saturated rings. The Morgan fingerprint density at radius 2 is 2.00 bits per heavy atom. The molecule has 0 amide bonds. The van der Waals surface area contributed by atoms with Crippen LogP contribution in [0.2, 0.25) is 0 Å². The van der Waals surface area contributed by atoms with Gasteiger partial charge in [-0.2, -0.15) is 5.10 Å². The van der Waals surface area contributed by atoms with Gasteiger partial charge in [0, 0.05) is 23.7 Å². The number of rotatable bonds is 3. The smallest absolute Gasteiger partial charge is 0.230 e. The van der Waals surface area contributed by atoms with Gasteiger partial charge < -0.3 is 14.6 Å². The summed E-state index contributed by atoms with van der Waals surface area (Å²) in [4.78, 5) is 4.49. The molecule has 5 rings (SSSR count). The molecule has 2 unspecified atom stereocenters. The van der Waals surface area contributed by atoms with Gasteiger partial charge in [0.1, 0.15) is 11.4 Å². The monoisotopic (exact) mass is 373 g/mol. The van der Waals surface area contributed by atoms with E-state index in [1.54, 1.807) is 25.4 Å². The molecule has 2 atom stereocenters. The number of phenols is 1. The lowest BCUT2D eigenvalue weighted by molar-refractivity contribution is -0.0236. The summed E-state index contributed by atoms with van der Waals surface area (Å²) >= 11 is 0. The summed E-state index contributed by atoms with van der Waals surface area (Å²) in [6, 6.07) is 18.8. The van der Waals surface area contributed by atoms with Crippen LogP contribution in [0, 0.1) is 0 Å². The maximum Gasteiger partial charge on any atom is 0.230 e. The zero-order chi connectivity index (χ0) is 19.1. The largest absolute Gasteiger partial charge is 0.508 e. The minimum atomic E-state index is -0.454. The second kappa shape index (κ2) is 6.56. The SMILES string of the molecule is COc1cccc2c1OC(c1ccccn1)N1N=C(c3cccc(O)c3)CC21. The molecule has 3 heterocycles. The molecule has 140 valence electrons. The third-order valence-corrected chi connectivity index (χ3v) is 5.12. The summed E-state index contributed by atoms with van der Waals surface area (Å²) in [5.41, 5.74) is 3.62. The van der Waals surface area contributed by atoms with Gasteiger partial charge in [-0.15, -0.1) is 0 Å². The van der Waals surface area contributed by atoms with Crippen LogP contribution in [0.25, 0.3) is 0 Å². The fourth-order valence-electron chi connectivity index (χ4n) is 3.82. The Morgan fingerprint density at radius 3 is 2.79 bits per heavy atom. The Labute approximate surface area is 162 Å². The van der Waals surface area contributed by atoms with Crippen molar-refractivity contribution in [1.82, 2.24) is 9.99 Å². The van der Waals surface area contributed by atoms with Gasteiger partial charge in [-0.3, -0.25) is 4.98 Å². The Bertz CT molecular complexity index is 1050. The normalized spacial score (nSPS) is 20.0. The molecule has 0 spiro atoms. The molecule has 0 radical (unpaired) electrons. The molecule has 0 saturated carbocycles. The number of methoxy groups -OCH3 is 1. The molecule has 2 aliphatic heterocycles. The van der Waals surface area contributed by atoms with Crippen molar-refractivity contribution in [2.45, 2.75) is 18.7 Å². The molecule has 28 heavy (non-hydrogen) atoms. The fraction of sp³-hybridized carbons (Fsp3) is 0.182. The minimum absolute atomic E-state index is 0.00297. The number of hydrazone groups is 1. The number of para-hydroxylation sites is 1. The van der Waals surface area contributed by atoms with Crippen LogP contribution in [0.1, 0.15) is 35.5 Å². The maximum absolute atomic E-state index is 9.87. The number of aromatic nitrogens is 1. The number of fused-ring (bicyclic) bond motifs is 3. The second-order valence-corrected chi connectivity index (χ2v) is 6.80. The van der Waals surface area contributed by atoms with Gasteiger partial charge in [0.2, 0.25) is 6.23 Å². The zero-order valence-corrected chi connectivity index (χ0v) is 15.3. The lowest BCUT2D eigenvalue weighted by atomic mass is 9.96. The first-order valence-electron chi connectivity index (χ1n) is 9.14. The lowest BCUT2D eigenvalue weighted by Crippen LogP contribution is -2.34. The summed E-state index contributed by atoms with van der Waals surface area (Å²) in [6.07, 6.45) is 2.00. The van der Waals surface area contributed by atoms with Crippen molar-refractivity contribution in [3.8, 4) is 17.2 Å². The van der Waals surface area contributed by atoms with E-state index < -0.39 is 6.23 Å². The summed E-state index contributed by atoms with van der Waals surface area (Å²) in [7, 11) is 1.64. The summed E-state index contributed by atoms with van der Waals surface area (Å²) in [6.45, 7) is 0. The molecule has 1 aromatic heterocycles. The van der Waals surface area contributed by atoms with E-state index in [4.69, 9.17) is 14.6 Å². The van der Waals surface area contributed by atoms with Crippen molar-refractivity contribution in [1.29, 1.82) is 0 Å². The average Bonchev–Trinajstić information content (AvgIpc) is 3.19. The van der Waals surface area contributed by atoms with E-state index in [0.717, 1.165) is 28.3 Å². The van der Waals surface area contributed by atoms with Crippen LogP contribution in [0.3, 0.4) is 0 Å². The van der Waals surface area contributed by atoms with Crippen molar-refractivity contribution < 1.29 is 14.6 Å². The van der Waals surface area contributed by atoms with Crippen LogP contribution < -0.4 is 9.47 Å². The highest BCUT2D eigenvalue weighted by Gasteiger charge is 2.42. The third-order valence-electron chi connectivity index (χ3n) is 5.12. The van der Waals surface area contributed by atoms with Gasteiger partial charge in [0.05, 0.1) is 18.9 Å². The van der Waals surface area contributed by atoms with E-state index in [9.17, 15) is 5.11 Å². The third kappa shape index (κ3) is 2.65. The van der Waals surface area contributed by atoms with Gasteiger partial charge in [0.15, 0.2) is 11.5 Å². The standard InChI is InChI=1S/C22H19N3O3/c1-27-20-10-5-8-16-19-13-18(14-6-4-7-15(26)12-14)24-25(19)22(28-21(16)20)17-9-2-3-11-23-17/h2-12,19,22,26H,13H2,1H3. The summed E-state index contributed by atoms with van der Waals surface area (Å²) in [5, 5.41) is 16.7.